The third kappa shape index (κ3) is 2.67. The normalized spacial score (nSPS) is 25.2. The van der Waals surface area contributed by atoms with Gasteiger partial charge in [0.15, 0.2) is 4.80 Å². The van der Waals surface area contributed by atoms with Crippen LogP contribution in [-0.4, -0.2) is 16.2 Å². The molecule has 3 aromatic rings. The summed E-state index contributed by atoms with van der Waals surface area (Å²) in [5, 5.41) is 0. The van der Waals surface area contributed by atoms with Gasteiger partial charge < -0.3 is 14.9 Å². The van der Waals surface area contributed by atoms with Crippen LogP contribution in [0.3, 0.4) is 0 Å². The van der Waals surface area contributed by atoms with E-state index in [0.29, 0.717) is 20.8 Å². The number of rotatable bonds is 3. The van der Waals surface area contributed by atoms with Crippen LogP contribution in [0.4, 0.5) is 0 Å². The van der Waals surface area contributed by atoms with Crippen molar-refractivity contribution in [2.45, 2.75) is 18.7 Å². The maximum Gasteiger partial charge on any atom is 0.270 e. The van der Waals surface area contributed by atoms with E-state index in [1.54, 1.807) is 42.0 Å². The summed E-state index contributed by atoms with van der Waals surface area (Å²) in [5.41, 5.74) is 5.10. The van der Waals surface area contributed by atoms with Gasteiger partial charge in [-0.2, -0.15) is 0 Å². The molecule has 0 spiro atoms. The summed E-state index contributed by atoms with van der Waals surface area (Å²) >= 11 is 1.26. The number of primary amides is 1. The molecule has 5 rings (SSSR count). The molecule has 0 radical (unpaired) electrons. The second kappa shape index (κ2) is 6.31. The number of ether oxygens (including phenoxy) is 1. The van der Waals surface area contributed by atoms with Crippen molar-refractivity contribution in [3.63, 3.8) is 0 Å². The zero-order chi connectivity index (χ0) is 20.2. The van der Waals surface area contributed by atoms with Gasteiger partial charge in [-0.15, -0.1) is 0 Å². The lowest BCUT2D eigenvalue weighted by atomic mass is 9.81. The summed E-state index contributed by atoms with van der Waals surface area (Å²) in [6.07, 6.45) is 6.82. The topological polar surface area (TPSA) is 99.8 Å². The van der Waals surface area contributed by atoms with Gasteiger partial charge in [0.25, 0.3) is 5.56 Å². The highest BCUT2D eigenvalue weighted by Gasteiger charge is 2.54. The number of aromatic nitrogens is 1. The molecule has 146 valence electrons. The number of nitrogens with two attached hydrogens (primary N) is 1. The lowest BCUT2D eigenvalue weighted by Gasteiger charge is -2.44. The highest BCUT2D eigenvalue weighted by atomic mass is 32.1. The van der Waals surface area contributed by atoms with Gasteiger partial charge in [-0.1, -0.05) is 35.6 Å². The average molecular weight is 407 g/mol. The maximum atomic E-state index is 13.2. The van der Waals surface area contributed by atoms with E-state index in [-0.39, 0.29) is 5.56 Å². The third-order valence-corrected chi connectivity index (χ3v) is 6.24. The lowest BCUT2D eigenvalue weighted by molar-refractivity contribution is -0.133. The predicted molar refractivity (Wildman–Crippen MR) is 108 cm³/mol. The number of hydrogen-bond acceptors (Lipinski definition) is 6. The van der Waals surface area contributed by atoms with Crippen LogP contribution in [-0.2, 0) is 4.79 Å². The van der Waals surface area contributed by atoms with Crippen molar-refractivity contribution in [1.82, 2.24) is 4.57 Å². The number of nitrogens with zero attached hydrogens (tertiary/aromatic N) is 2. The molecule has 7 nitrogen and oxygen atoms in total. The Morgan fingerprint density at radius 2 is 2.14 bits per heavy atom. The smallest absolute Gasteiger partial charge is 0.270 e. The molecule has 2 bridgehead atoms. The van der Waals surface area contributed by atoms with Crippen molar-refractivity contribution >= 4 is 29.4 Å². The van der Waals surface area contributed by atoms with Gasteiger partial charge in [-0.3, -0.25) is 14.2 Å². The molecule has 3 atom stereocenters. The van der Waals surface area contributed by atoms with Crippen LogP contribution in [0.25, 0.3) is 12.2 Å². The van der Waals surface area contributed by atoms with E-state index in [0.717, 1.165) is 5.56 Å². The number of allylic oxidation sites excluding steroid dienone is 1. The van der Waals surface area contributed by atoms with Crippen molar-refractivity contribution in [2.75, 3.05) is 0 Å². The van der Waals surface area contributed by atoms with E-state index < -0.39 is 23.6 Å². The zero-order valence-corrected chi connectivity index (χ0v) is 16.3. The molecule has 0 aliphatic carbocycles. The van der Waals surface area contributed by atoms with Crippen LogP contribution in [0.15, 0.2) is 62.9 Å². The molecule has 4 heterocycles. The van der Waals surface area contributed by atoms with Crippen LogP contribution >= 0.6 is 11.3 Å². The molecule has 0 saturated carbocycles. The Bertz CT molecular complexity index is 1320. The van der Waals surface area contributed by atoms with E-state index in [4.69, 9.17) is 14.9 Å². The van der Waals surface area contributed by atoms with E-state index in [1.165, 1.54) is 11.3 Å². The van der Waals surface area contributed by atoms with Crippen molar-refractivity contribution in [3.05, 3.63) is 79.7 Å². The number of thiazole rings is 1. The lowest BCUT2D eigenvalue weighted by Crippen LogP contribution is -2.59. The minimum absolute atomic E-state index is 0.215. The first-order chi connectivity index (χ1) is 14.0. The monoisotopic (exact) mass is 407 g/mol. The molecular formula is C21H17N3O4S. The summed E-state index contributed by atoms with van der Waals surface area (Å²) in [6.45, 7) is 1.74. The fourth-order valence-electron chi connectivity index (χ4n) is 4.01. The maximum absolute atomic E-state index is 13.2. The quantitative estimate of drug-likeness (QED) is 0.710. The summed E-state index contributed by atoms with van der Waals surface area (Å²) in [5.74, 6) is -0.0495. The first-order valence-electron chi connectivity index (χ1n) is 9.08. The average Bonchev–Trinajstić information content (AvgIpc) is 3.29. The molecule has 1 aromatic carbocycles. The summed E-state index contributed by atoms with van der Waals surface area (Å²) < 4.78 is 13.4. The van der Waals surface area contributed by atoms with Crippen LogP contribution in [0.2, 0.25) is 0 Å². The Kier molecular flexibility index (Phi) is 3.85. The Hall–Kier alpha value is -3.39. The van der Waals surface area contributed by atoms with Crippen LogP contribution in [0, 0.1) is 5.92 Å². The number of amides is 1. The molecule has 0 saturated heterocycles. The van der Waals surface area contributed by atoms with Gasteiger partial charge >= 0.3 is 0 Å². The largest absolute Gasteiger partial charge is 0.465 e. The van der Waals surface area contributed by atoms with Gasteiger partial charge in [0, 0.05) is 5.56 Å². The SMILES string of the molecule is CC12N=c3s/c(=C\C=C\c4ccco4)c(=O)n3C(c3ccccc3O1)C2C(N)=O. The van der Waals surface area contributed by atoms with Crippen LogP contribution in [0.5, 0.6) is 5.75 Å². The van der Waals surface area contributed by atoms with Gasteiger partial charge in [0.05, 0.1) is 16.8 Å². The third-order valence-electron chi connectivity index (χ3n) is 5.24. The molecule has 2 aliphatic rings. The first-order valence-corrected chi connectivity index (χ1v) is 9.90. The Morgan fingerprint density at radius 3 is 2.90 bits per heavy atom. The van der Waals surface area contributed by atoms with Crippen LogP contribution in [0.1, 0.15) is 24.3 Å². The van der Waals surface area contributed by atoms with E-state index in [1.807, 2.05) is 30.3 Å². The fourth-order valence-corrected chi connectivity index (χ4v) is 5.06. The Morgan fingerprint density at radius 1 is 1.31 bits per heavy atom. The fraction of sp³-hybridized carbons (Fsp3) is 0.190. The Balaban J connectivity index is 1.72. The molecule has 0 fully saturated rings. The standard InChI is InChI=1S/C21H17N3O4S/c1-21-16(18(22)25)17(13-8-2-3-9-14(13)28-21)24-19(26)15(29-20(24)23-21)10-4-6-12-7-5-11-27-12/h2-11,16-17H,1H3,(H2,22,25)/b6-4+,15-10-. The van der Waals surface area contributed by atoms with E-state index in [2.05, 4.69) is 4.99 Å². The van der Waals surface area contributed by atoms with Crippen LogP contribution < -0.4 is 25.4 Å². The first kappa shape index (κ1) is 17.7. The summed E-state index contributed by atoms with van der Waals surface area (Å²) in [7, 11) is 0. The second-order valence-electron chi connectivity index (χ2n) is 7.10. The van der Waals surface area contributed by atoms with Gasteiger partial charge in [-0.25, -0.2) is 4.99 Å². The number of fused-ring (bicyclic) bond motifs is 6. The van der Waals surface area contributed by atoms with Crippen molar-refractivity contribution in [2.24, 2.45) is 16.6 Å². The summed E-state index contributed by atoms with van der Waals surface area (Å²) in [6, 6.07) is 10.4. The summed E-state index contributed by atoms with van der Waals surface area (Å²) in [4.78, 5) is 30.7. The number of hydrogen-bond donors (Lipinski definition) is 1. The molecular weight excluding hydrogens is 390 g/mol. The number of furan rings is 1. The van der Waals surface area contributed by atoms with Crippen molar-refractivity contribution in [3.8, 4) is 5.75 Å². The van der Waals surface area contributed by atoms with Gasteiger partial charge in [-0.05, 0) is 37.3 Å². The Labute approximate surface area is 169 Å². The number of carbonyl (C=O) groups excluding carboxylic acids is 1. The van der Waals surface area contributed by atoms with Gasteiger partial charge in [0.1, 0.15) is 17.4 Å². The molecule has 1 amide bonds. The molecule has 2 N–H and O–H groups in total. The van der Waals surface area contributed by atoms with Crippen molar-refractivity contribution < 1.29 is 13.9 Å². The molecule has 2 aromatic heterocycles. The zero-order valence-electron chi connectivity index (χ0n) is 15.4. The number of para-hydroxylation sites is 1. The van der Waals surface area contributed by atoms with E-state index >= 15 is 0 Å². The number of carbonyl (C=O) groups is 1. The predicted octanol–water partition coefficient (Wildman–Crippen LogP) is 1.43. The highest BCUT2D eigenvalue weighted by molar-refractivity contribution is 7.07. The molecule has 2 aliphatic heterocycles. The highest BCUT2D eigenvalue weighted by Crippen LogP contribution is 2.46. The molecule has 29 heavy (non-hydrogen) atoms. The molecule has 3 unspecified atom stereocenters. The molecule has 8 heteroatoms. The number of benzene rings is 1. The minimum atomic E-state index is -1.16. The minimum Gasteiger partial charge on any atom is -0.465 e. The van der Waals surface area contributed by atoms with E-state index in [9.17, 15) is 9.59 Å². The van der Waals surface area contributed by atoms with Crippen molar-refractivity contribution in [1.29, 1.82) is 0 Å². The second-order valence-corrected chi connectivity index (χ2v) is 8.11. The van der Waals surface area contributed by atoms with Gasteiger partial charge in [0.2, 0.25) is 11.6 Å².